The SMILES string of the molecule is COc1ccc(Sc2cnc(C(=O)NC3CC4CCN3CC4)s2)cc1. The largest absolute Gasteiger partial charge is 0.497 e. The number of rotatable bonds is 5. The highest BCUT2D eigenvalue weighted by atomic mass is 32.2. The molecule has 3 fully saturated rings. The zero-order valence-corrected chi connectivity index (χ0v) is 15.7. The van der Waals surface area contributed by atoms with Crippen molar-refractivity contribution in [1.29, 1.82) is 0 Å². The van der Waals surface area contributed by atoms with E-state index in [-0.39, 0.29) is 12.1 Å². The summed E-state index contributed by atoms with van der Waals surface area (Å²) >= 11 is 3.06. The highest BCUT2D eigenvalue weighted by Crippen LogP contribution is 2.34. The summed E-state index contributed by atoms with van der Waals surface area (Å²) in [4.78, 5) is 20.3. The molecule has 0 spiro atoms. The van der Waals surface area contributed by atoms with Crippen molar-refractivity contribution in [3.8, 4) is 5.75 Å². The van der Waals surface area contributed by atoms with Crippen LogP contribution in [0.2, 0.25) is 0 Å². The molecule has 3 aliphatic heterocycles. The minimum absolute atomic E-state index is 0.0517. The maximum Gasteiger partial charge on any atom is 0.281 e. The topological polar surface area (TPSA) is 54.5 Å². The molecule has 1 aromatic heterocycles. The van der Waals surface area contributed by atoms with Crippen molar-refractivity contribution in [3.63, 3.8) is 0 Å². The number of hydrogen-bond acceptors (Lipinski definition) is 6. The first-order chi connectivity index (χ1) is 12.2. The van der Waals surface area contributed by atoms with Gasteiger partial charge in [-0.25, -0.2) is 4.98 Å². The number of hydrogen-bond donors (Lipinski definition) is 1. The van der Waals surface area contributed by atoms with Crippen LogP contribution < -0.4 is 10.1 Å². The van der Waals surface area contributed by atoms with Gasteiger partial charge in [-0.2, -0.15) is 0 Å². The van der Waals surface area contributed by atoms with E-state index in [1.54, 1.807) is 25.1 Å². The number of fused-ring (bicyclic) bond motifs is 3. The summed E-state index contributed by atoms with van der Waals surface area (Å²) in [7, 11) is 1.66. The molecule has 5 rings (SSSR count). The molecule has 0 aliphatic carbocycles. The lowest BCUT2D eigenvalue weighted by Gasteiger charge is -2.45. The van der Waals surface area contributed by atoms with Crippen LogP contribution in [0.15, 0.2) is 39.6 Å². The first kappa shape index (κ1) is 16.9. The molecule has 25 heavy (non-hydrogen) atoms. The van der Waals surface area contributed by atoms with Gasteiger partial charge < -0.3 is 10.1 Å². The van der Waals surface area contributed by atoms with Crippen molar-refractivity contribution in [2.75, 3.05) is 20.2 Å². The maximum atomic E-state index is 12.5. The maximum absolute atomic E-state index is 12.5. The van der Waals surface area contributed by atoms with Gasteiger partial charge >= 0.3 is 0 Å². The molecule has 7 heteroatoms. The second-order valence-electron chi connectivity index (χ2n) is 6.47. The van der Waals surface area contributed by atoms with Gasteiger partial charge in [0.05, 0.1) is 23.7 Å². The highest BCUT2D eigenvalue weighted by Gasteiger charge is 2.34. The highest BCUT2D eigenvalue weighted by molar-refractivity contribution is 8.01. The van der Waals surface area contributed by atoms with Crippen LogP contribution in [0.5, 0.6) is 5.75 Å². The second-order valence-corrected chi connectivity index (χ2v) is 8.87. The Morgan fingerprint density at radius 2 is 2.08 bits per heavy atom. The van der Waals surface area contributed by atoms with Crippen molar-refractivity contribution in [2.45, 2.75) is 34.5 Å². The lowest BCUT2D eigenvalue weighted by atomic mass is 9.86. The van der Waals surface area contributed by atoms with Crippen molar-refractivity contribution < 1.29 is 9.53 Å². The van der Waals surface area contributed by atoms with E-state index in [0.29, 0.717) is 5.01 Å². The van der Waals surface area contributed by atoms with Crippen LogP contribution in [-0.4, -0.2) is 42.2 Å². The fourth-order valence-corrected chi connectivity index (χ4v) is 5.35. The normalized spacial score (nSPS) is 24.9. The number of thiazole rings is 1. The minimum atomic E-state index is -0.0517. The smallest absolute Gasteiger partial charge is 0.281 e. The lowest BCUT2D eigenvalue weighted by Crippen LogP contribution is -2.56. The molecule has 3 aliphatic rings. The molecule has 1 atom stereocenters. The third kappa shape index (κ3) is 3.83. The number of methoxy groups -OCH3 is 1. The van der Waals surface area contributed by atoms with E-state index >= 15 is 0 Å². The zero-order chi connectivity index (χ0) is 17.2. The molecule has 1 unspecified atom stereocenters. The zero-order valence-electron chi connectivity index (χ0n) is 14.1. The van der Waals surface area contributed by atoms with Gasteiger partial charge in [-0.1, -0.05) is 11.8 Å². The van der Waals surface area contributed by atoms with E-state index in [9.17, 15) is 4.79 Å². The summed E-state index contributed by atoms with van der Waals surface area (Å²) in [6, 6.07) is 7.89. The average molecular weight is 376 g/mol. The molecule has 1 N–H and O–H groups in total. The Morgan fingerprint density at radius 1 is 1.32 bits per heavy atom. The van der Waals surface area contributed by atoms with Crippen LogP contribution >= 0.6 is 23.1 Å². The van der Waals surface area contributed by atoms with E-state index in [1.165, 1.54) is 24.2 Å². The predicted molar refractivity (Wildman–Crippen MR) is 99.4 cm³/mol. The van der Waals surface area contributed by atoms with Crippen LogP contribution in [0.25, 0.3) is 0 Å². The minimum Gasteiger partial charge on any atom is -0.497 e. The summed E-state index contributed by atoms with van der Waals surface area (Å²) in [5.74, 6) is 1.56. The third-order valence-corrected chi connectivity index (χ3v) is 7.01. The molecule has 1 aromatic carbocycles. The predicted octanol–water partition coefficient (Wildman–Crippen LogP) is 3.47. The Kier molecular flexibility index (Phi) is 4.96. The summed E-state index contributed by atoms with van der Waals surface area (Å²) in [5, 5.41) is 3.71. The summed E-state index contributed by atoms with van der Waals surface area (Å²) in [5.41, 5.74) is 0. The Bertz CT molecular complexity index is 739. The van der Waals surface area contributed by atoms with Gasteiger partial charge in [0.2, 0.25) is 0 Å². The Labute approximate surface area is 155 Å². The van der Waals surface area contributed by atoms with Crippen molar-refractivity contribution >= 4 is 29.0 Å². The van der Waals surface area contributed by atoms with E-state index in [1.807, 2.05) is 24.3 Å². The van der Waals surface area contributed by atoms with E-state index in [0.717, 1.165) is 40.3 Å². The number of nitrogens with one attached hydrogen (secondary N) is 1. The van der Waals surface area contributed by atoms with E-state index in [4.69, 9.17) is 4.74 Å². The number of carbonyl (C=O) groups is 1. The first-order valence-electron chi connectivity index (χ1n) is 8.54. The second kappa shape index (κ2) is 7.35. The van der Waals surface area contributed by atoms with Crippen LogP contribution in [0.3, 0.4) is 0 Å². The Balaban J connectivity index is 1.37. The molecular formula is C18H21N3O2S2. The van der Waals surface area contributed by atoms with Crippen molar-refractivity contribution in [3.05, 3.63) is 35.5 Å². The molecule has 2 aromatic rings. The van der Waals surface area contributed by atoms with Gasteiger partial charge in [-0.3, -0.25) is 9.69 Å². The van der Waals surface area contributed by atoms with Gasteiger partial charge in [0, 0.05) is 18.0 Å². The van der Waals surface area contributed by atoms with Gasteiger partial charge in [0.1, 0.15) is 5.75 Å². The third-order valence-electron chi connectivity index (χ3n) is 4.90. The van der Waals surface area contributed by atoms with Gasteiger partial charge in [0.25, 0.3) is 5.91 Å². The molecule has 0 radical (unpaired) electrons. The molecule has 3 saturated heterocycles. The number of benzene rings is 1. The average Bonchev–Trinajstić information content (AvgIpc) is 3.12. The van der Waals surface area contributed by atoms with Crippen molar-refractivity contribution in [1.82, 2.24) is 15.2 Å². The summed E-state index contributed by atoms with van der Waals surface area (Å²) in [6.07, 6.45) is 5.58. The number of aromatic nitrogens is 1. The van der Waals surface area contributed by atoms with Crippen LogP contribution in [0.4, 0.5) is 0 Å². The summed E-state index contributed by atoms with van der Waals surface area (Å²) in [6.45, 7) is 2.21. The molecule has 0 saturated carbocycles. The lowest BCUT2D eigenvalue weighted by molar-refractivity contribution is 0.0295. The number of nitrogens with zero attached hydrogens (tertiary/aromatic N) is 2. The molecule has 2 bridgehead atoms. The fourth-order valence-electron chi connectivity index (χ4n) is 3.50. The van der Waals surface area contributed by atoms with Gasteiger partial charge in [0.15, 0.2) is 5.01 Å². The monoisotopic (exact) mass is 375 g/mol. The molecule has 4 heterocycles. The van der Waals surface area contributed by atoms with Gasteiger partial charge in [-0.15, -0.1) is 11.3 Å². The fraction of sp³-hybridized carbons (Fsp3) is 0.444. The Hall–Kier alpha value is -1.57. The van der Waals surface area contributed by atoms with Gasteiger partial charge in [-0.05, 0) is 49.4 Å². The molecule has 1 amide bonds. The van der Waals surface area contributed by atoms with Crippen molar-refractivity contribution in [2.24, 2.45) is 5.92 Å². The number of amides is 1. The molecular weight excluding hydrogens is 354 g/mol. The first-order valence-corrected chi connectivity index (χ1v) is 10.2. The number of piperidine rings is 3. The standard InChI is InChI=1S/C18H21N3O2S2/c1-23-13-2-4-14(5-3-13)24-16-11-19-18(25-16)17(22)20-15-10-12-6-8-21(15)9-7-12/h2-5,11-12,15H,6-10H2,1H3,(H,20,22). The van der Waals surface area contributed by atoms with Crippen LogP contribution in [0.1, 0.15) is 29.1 Å². The number of ether oxygens (including phenoxy) is 1. The molecule has 132 valence electrons. The van der Waals surface area contributed by atoms with E-state index in [2.05, 4.69) is 15.2 Å². The van der Waals surface area contributed by atoms with Crippen LogP contribution in [-0.2, 0) is 0 Å². The number of carbonyl (C=O) groups excluding carboxylic acids is 1. The van der Waals surface area contributed by atoms with Crippen LogP contribution in [0, 0.1) is 5.92 Å². The Morgan fingerprint density at radius 3 is 2.72 bits per heavy atom. The molecule has 5 nitrogen and oxygen atoms in total. The van der Waals surface area contributed by atoms with E-state index < -0.39 is 0 Å². The summed E-state index contributed by atoms with van der Waals surface area (Å²) < 4.78 is 6.19. The quantitative estimate of drug-likeness (QED) is 0.867.